The van der Waals surface area contributed by atoms with E-state index in [0.717, 1.165) is 37.0 Å². The Morgan fingerprint density at radius 3 is 2.77 bits per heavy atom. The van der Waals surface area contributed by atoms with Crippen LogP contribution in [0.5, 0.6) is 5.75 Å². The third-order valence-electron chi connectivity index (χ3n) is 5.88. The second-order valence-electron chi connectivity index (χ2n) is 8.00. The molecule has 2 aromatic carbocycles. The first-order valence-electron chi connectivity index (χ1n) is 10.4. The lowest BCUT2D eigenvalue weighted by atomic mass is 9.83. The highest BCUT2D eigenvalue weighted by molar-refractivity contribution is 6.04. The molecule has 31 heavy (non-hydrogen) atoms. The predicted octanol–water partition coefficient (Wildman–Crippen LogP) is 5.31. The molecule has 0 aromatic heterocycles. The summed E-state index contributed by atoms with van der Waals surface area (Å²) in [7, 11) is 0. The van der Waals surface area contributed by atoms with Crippen LogP contribution in [0.1, 0.15) is 53.9 Å². The van der Waals surface area contributed by atoms with Crippen LogP contribution in [0.4, 0.5) is 18.9 Å². The van der Waals surface area contributed by atoms with Crippen LogP contribution in [0.15, 0.2) is 42.5 Å². The molecule has 2 aromatic rings. The number of aliphatic hydroxyl groups excluding tert-OH is 1. The summed E-state index contributed by atoms with van der Waals surface area (Å²) in [6.45, 7) is 0.367. The van der Waals surface area contributed by atoms with E-state index in [2.05, 4.69) is 5.32 Å². The van der Waals surface area contributed by atoms with Crippen molar-refractivity contribution >= 4 is 17.2 Å². The predicted molar refractivity (Wildman–Crippen MR) is 112 cm³/mol. The minimum atomic E-state index is -4.45. The fourth-order valence-corrected chi connectivity index (χ4v) is 4.31. The number of aryl methyl sites for hydroxylation is 1. The number of hydrogen-bond acceptors (Lipinski definition) is 3. The van der Waals surface area contributed by atoms with E-state index in [1.165, 1.54) is 17.7 Å². The zero-order valence-electron chi connectivity index (χ0n) is 17.0. The number of fused-ring (bicyclic) bond motifs is 2. The Hall–Kier alpha value is -2.80. The monoisotopic (exact) mass is 431 g/mol. The Balaban J connectivity index is 1.57. The van der Waals surface area contributed by atoms with Gasteiger partial charge in [0.2, 0.25) is 5.91 Å². The molecule has 1 aliphatic heterocycles. The molecule has 2 aliphatic rings. The SMILES string of the molecule is O=C(/C=C1\CCCOc2cc(C(F)(F)F)ccc21)Nc1ccc2c(c1)C(CO)CCC2. The number of ether oxygens (including phenoxy) is 1. The minimum Gasteiger partial charge on any atom is -0.493 e. The molecule has 0 fully saturated rings. The molecule has 0 spiro atoms. The first-order chi connectivity index (χ1) is 14.8. The van der Waals surface area contributed by atoms with E-state index in [1.54, 1.807) is 0 Å². The van der Waals surface area contributed by atoms with Crippen molar-refractivity contribution in [2.45, 2.75) is 44.2 Å². The first-order valence-corrected chi connectivity index (χ1v) is 10.4. The number of halogens is 3. The number of carbonyl (C=O) groups is 1. The van der Waals surface area contributed by atoms with Gasteiger partial charge in [0.05, 0.1) is 12.2 Å². The van der Waals surface area contributed by atoms with Gasteiger partial charge >= 0.3 is 6.18 Å². The Labute approximate surface area is 178 Å². The third kappa shape index (κ3) is 4.77. The standard InChI is InChI=1S/C24H24F3NO3/c25-24(26,27)18-7-9-20-16(5-2-10-31-22(20)12-18)11-23(30)28-19-8-6-15-3-1-4-17(14-29)21(15)13-19/h6-9,11-13,17,29H,1-5,10,14H2,(H,28,30)/b16-11+. The summed E-state index contributed by atoms with van der Waals surface area (Å²) < 4.78 is 44.6. The van der Waals surface area contributed by atoms with Gasteiger partial charge in [0.25, 0.3) is 0 Å². The number of rotatable bonds is 3. The van der Waals surface area contributed by atoms with Crippen molar-refractivity contribution in [3.05, 3.63) is 64.7 Å². The average Bonchev–Trinajstić information content (AvgIpc) is 2.94. The number of anilines is 1. The van der Waals surface area contributed by atoms with Crippen molar-refractivity contribution in [2.24, 2.45) is 0 Å². The molecule has 0 bridgehead atoms. The topological polar surface area (TPSA) is 58.6 Å². The Morgan fingerprint density at radius 1 is 1.16 bits per heavy atom. The van der Waals surface area contributed by atoms with Gasteiger partial charge in [-0.2, -0.15) is 13.2 Å². The van der Waals surface area contributed by atoms with Gasteiger partial charge in [0.15, 0.2) is 0 Å². The molecular formula is C24H24F3NO3. The lowest BCUT2D eigenvalue weighted by Crippen LogP contribution is -2.15. The lowest BCUT2D eigenvalue weighted by molar-refractivity contribution is -0.137. The van der Waals surface area contributed by atoms with Gasteiger partial charge in [-0.1, -0.05) is 12.1 Å². The number of amides is 1. The van der Waals surface area contributed by atoms with Crippen LogP contribution in [0.2, 0.25) is 0 Å². The van der Waals surface area contributed by atoms with E-state index < -0.39 is 11.7 Å². The van der Waals surface area contributed by atoms with Crippen LogP contribution < -0.4 is 10.1 Å². The van der Waals surface area contributed by atoms with Crippen LogP contribution in [0.25, 0.3) is 5.57 Å². The van der Waals surface area contributed by atoms with Crippen LogP contribution in [-0.2, 0) is 17.4 Å². The zero-order chi connectivity index (χ0) is 22.0. The Bertz CT molecular complexity index is 1010. The van der Waals surface area contributed by atoms with Crippen LogP contribution in [-0.4, -0.2) is 24.2 Å². The molecular weight excluding hydrogens is 407 g/mol. The summed E-state index contributed by atoms with van der Waals surface area (Å²) in [4.78, 5) is 12.7. The maximum absolute atomic E-state index is 13.0. The van der Waals surface area contributed by atoms with Crippen molar-refractivity contribution in [3.63, 3.8) is 0 Å². The van der Waals surface area contributed by atoms with Crippen molar-refractivity contribution in [2.75, 3.05) is 18.5 Å². The smallest absolute Gasteiger partial charge is 0.416 e. The second-order valence-corrected chi connectivity index (χ2v) is 8.00. The van der Waals surface area contributed by atoms with E-state index in [9.17, 15) is 23.1 Å². The number of aliphatic hydroxyl groups is 1. The summed E-state index contributed by atoms with van der Waals surface area (Å²) in [6, 6.07) is 9.10. The maximum Gasteiger partial charge on any atom is 0.416 e. The van der Waals surface area contributed by atoms with Gasteiger partial charge in [-0.25, -0.2) is 0 Å². The minimum absolute atomic E-state index is 0.0746. The lowest BCUT2D eigenvalue weighted by Gasteiger charge is -2.24. The van der Waals surface area contributed by atoms with Gasteiger partial charge in [0.1, 0.15) is 5.75 Å². The highest BCUT2D eigenvalue weighted by Crippen LogP contribution is 2.38. The summed E-state index contributed by atoms with van der Waals surface area (Å²) in [5, 5.41) is 12.5. The van der Waals surface area contributed by atoms with Gasteiger partial charge < -0.3 is 15.2 Å². The maximum atomic E-state index is 13.0. The van der Waals surface area contributed by atoms with Crippen molar-refractivity contribution in [1.29, 1.82) is 0 Å². The summed E-state index contributed by atoms with van der Waals surface area (Å²) >= 11 is 0. The van der Waals surface area contributed by atoms with Gasteiger partial charge in [-0.15, -0.1) is 0 Å². The summed E-state index contributed by atoms with van der Waals surface area (Å²) in [5.74, 6) is -0.127. The third-order valence-corrected chi connectivity index (χ3v) is 5.88. The molecule has 0 saturated carbocycles. The molecule has 4 rings (SSSR count). The Morgan fingerprint density at radius 2 is 2.00 bits per heavy atom. The fraction of sp³-hybridized carbons (Fsp3) is 0.375. The molecule has 1 heterocycles. The average molecular weight is 431 g/mol. The van der Waals surface area contributed by atoms with Crippen molar-refractivity contribution in [3.8, 4) is 5.75 Å². The molecule has 0 radical (unpaired) electrons. The molecule has 1 unspecified atom stereocenters. The largest absolute Gasteiger partial charge is 0.493 e. The van der Waals surface area contributed by atoms with E-state index >= 15 is 0 Å². The highest BCUT2D eigenvalue weighted by Gasteiger charge is 2.32. The van der Waals surface area contributed by atoms with Crippen molar-refractivity contribution < 1.29 is 27.8 Å². The van der Waals surface area contributed by atoms with Crippen LogP contribution >= 0.6 is 0 Å². The molecule has 0 saturated heterocycles. The first kappa shape index (κ1) is 21.4. The van der Waals surface area contributed by atoms with Gasteiger partial charge in [-0.05, 0) is 73.1 Å². The number of allylic oxidation sites excluding steroid dienone is 1. The summed E-state index contributed by atoms with van der Waals surface area (Å²) in [5.41, 5.74) is 3.27. The fourth-order valence-electron chi connectivity index (χ4n) is 4.31. The normalized spacial score (nSPS) is 19.7. The molecule has 164 valence electrons. The number of carbonyl (C=O) groups excluding carboxylic acids is 1. The number of nitrogens with one attached hydrogen (secondary N) is 1. The summed E-state index contributed by atoms with van der Waals surface area (Å²) in [6.07, 6.45) is 1.03. The highest BCUT2D eigenvalue weighted by atomic mass is 19.4. The Kier molecular flexibility index (Phi) is 6.05. The quantitative estimate of drug-likeness (QED) is 0.648. The number of hydrogen-bond donors (Lipinski definition) is 2. The number of alkyl halides is 3. The van der Waals surface area contributed by atoms with E-state index in [1.807, 2.05) is 18.2 Å². The molecule has 4 nitrogen and oxygen atoms in total. The van der Waals surface area contributed by atoms with E-state index in [0.29, 0.717) is 36.3 Å². The van der Waals surface area contributed by atoms with Crippen molar-refractivity contribution in [1.82, 2.24) is 0 Å². The molecule has 1 atom stereocenters. The van der Waals surface area contributed by atoms with Crippen LogP contribution in [0, 0.1) is 0 Å². The molecule has 2 N–H and O–H groups in total. The van der Waals surface area contributed by atoms with E-state index in [-0.39, 0.29) is 24.2 Å². The zero-order valence-corrected chi connectivity index (χ0v) is 17.0. The van der Waals surface area contributed by atoms with Crippen LogP contribution in [0.3, 0.4) is 0 Å². The van der Waals surface area contributed by atoms with E-state index in [4.69, 9.17) is 4.74 Å². The van der Waals surface area contributed by atoms with Gasteiger partial charge in [-0.3, -0.25) is 4.79 Å². The number of benzene rings is 2. The molecule has 7 heteroatoms. The molecule has 1 amide bonds. The van der Waals surface area contributed by atoms with Gasteiger partial charge in [0, 0.05) is 29.9 Å². The molecule has 1 aliphatic carbocycles. The second kappa shape index (κ2) is 8.75.